The van der Waals surface area contributed by atoms with Crippen LogP contribution in [-0.2, 0) is 4.79 Å². The molecular formula is C24H32N2OS. The summed E-state index contributed by atoms with van der Waals surface area (Å²) >= 11 is 1.60. The van der Waals surface area contributed by atoms with Crippen LogP contribution in [0.4, 0.5) is 5.69 Å². The van der Waals surface area contributed by atoms with Crippen LogP contribution in [0, 0.1) is 12.8 Å². The van der Waals surface area contributed by atoms with Crippen LogP contribution in [0.15, 0.2) is 53.4 Å². The van der Waals surface area contributed by atoms with E-state index in [1.54, 1.807) is 11.8 Å². The highest BCUT2D eigenvalue weighted by atomic mass is 32.2. The molecule has 0 spiro atoms. The Kier molecular flexibility index (Phi) is 7.06. The lowest BCUT2D eigenvalue weighted by Gasteiger charge is -2.32. The van der Waals surface area contributed by atoms with E-state index in [1.165, 1.54) is 24.1 Å². The van der Waals surface area contributed by atoms with E-state index in [2.05, 4.69) is 79.5 Å². The largest absolute Gasteiger partial charge is 0.372 e. The molecule has 4 heteroatoms. The Labute approximate surface area is 173 Å². The Morgan fingerprint density at radius 1 is 1.04 bits per heavy atom. The molecule has 3 rings (SSSR count). The first-order valence-corrected chi connectivity index (χ1v) is 11.2. The molecule has 1 amide bonds. The molecule has 1 heterocycles. The lowest BCUT2D eigenvalue weighted by atomic mass is 9.98. The molecule has 2 atom stereocenters. The van der Waals surface area contributed by atoms with Crippen molar-refractivity contribution >= 4 is 23.4 Å². The molecule has 150 valence electrons. The molecule has 0 unspecified atom stereocenters. The third kappa shape index (κ3) is 5.54. The summed E-state index contributed by atoms with van der Waals surface area (Å²) in [6, 6.07) is 17.0. The summed E-state index contributed by atoms with van der Waals surface area (Å²) in [5.41, 5.74) is 3.67. The number of nitrogens with one attached hydrogen (secondary N) is 1. The SMILES string of the molecule is Cc1ccc(S[C@@H](C)C(=O)N[C@H](C)c2ccc(N3CCC(C)CC3)cc2)cc1. The summed E-state index contributed by atoms with van der Waals surface area (Å²) < 4.78 is 0. The molecule has 2 aromatic rings. The Hall–Kier alpha value is -1.94. The first-order chi connectivity index (χ1) is 13.4. The van der Waals surface area contributed by atoms with Crippen molar-refractivity contribution in [3.05, 3.63) is 59.7 Å². The van der Waals surface area contributed by atoms with Crippen molar-refractivity contribution in [2.24, 2.45) is 5.92 Å². The number of benzene rings is 2. The van der Waals surface area contributed by atoms with Crippen molar-refractivity contribution in [2.75, 3.05) is 18.0 Å². The highest BCUT2D eigenvalue weighted by Crippen LogP contribution is 2.26. The van der Waals surface area contributed by atoms with Gasteiger partial charge in [0.05, 0.1) is 11.3 Å². The quantitative estimate of drug-likeness (QED) is 0.646. The molecule has 1 aliphatic heterocycles. The first kappa shape index (κ1) is 20.8. The molecule has 3 nitrogen and oxygen atoms in total. The number of hydrogen-bond donors (Lipinski definition) is 1. The minimum atomic E-state index is -0.125. The van der Waals surface area contributed by atoms with Crippen molar-refractivity contribution in [3.8, 4) is 0 Å². The minimum absolute atomic E-state index is 0.00370. The standard InChI is InChI=1S/C24H32N2OS/c1-17-5-11-23(12-6-17)28-20(4)24(27)25-19(3)21-7-9-22(10-8-21)26-15-13-18(2)14-16-26/h5-12,18-20H,13-16H2,1-4H3,(H,25,27)/t19-,20+/m1/s1. The third-order valence-corrected chi connectivity index (χ3v) is 6.72. The summed E-state index contributed by atoms with van der Waals surface area (Å²) in [5, 5.41) is 3.03. The van der Waals surface area contributed by atoms with E-state index in [0.29, 0.717) is 0 Å². The number of piperidine rings is 1. The molecule has 0 aliphatic carbocycles. The number of nitrogens with zero attached hydrogens (tertiary/aromatic N) is 1. The third-order valence-electron chi connectivity index (χ3n) is 5.60. The molecule has 1 fully saturated rings. The van der Waals surface area contributed by atoms with Gasteiger partial charge in [0.25, 0.3) is 0 Å². The number of carbonyl (C=O) groups excluding carboxylic acids is 1. The van der Waals surface area contributed by atoms with Crippen molar-refractivity contribution in [3.63, 3.8) is 0 Å². The van der Waals surface area contributed by atoms with Crippen molar-refractivity contribution in [2.45, 2.75) is 56.7 Å². The molecule has 0 radical (unpaired) electrons. The second-order valence-corrected chi connectivity index (χ2v) is 9.48. The van der Waals surface area contributed by atoms with Crippen LogP contribution >= 0.6 is 11.8 Å². The van der Waals surface area contributed by atoms with Crippen molar-refractivity contribution in [1.82, 2.24) is 5.32 Å². The van der Waals surface area contributed by atoms with Gasteiger partial charge in [-0.3, -0.25) is 4.79 Å². The van der Waals surface area contributed by atoms with Crippen LogP contribution in [0.1, 0.15) is 50.8 Å². The molecule has 0 bridgehead atoms. The fourth-order valence-corrected chi connectivity index (χ4v) is 4.41. The number of thioether (sulfide) groups is 1. The normalized spacial score (nSPS) is 17.2. The first-order valence-electron chi connectivity index (χ1n) is 10.3. The van der Waals surface area contributed by atoms with Gasteiger partial charge in [0.15, 0.2) is 0 Å². The fourth-order valence-electron chi connectivity index (χ4n) is 3.53. The zero-order valence-electron chi connectivity index (χ0n) is 17.4. The van der Waals surface area contributed by atoms with Crippen LogP contribution in [-0.4, -0.2) is 24.2 Å². The number of carbonyl (C=O) groups is 1. The molecule has 2 aromatic carbocycles. The lowest BCUT2D eigenvalue weighted by Crippen LogP contribution is -2.33. The average molecular weight is 397 g/mol. The highest BCUT2D eigenvalue weighted by molar-refractivity contribution is 8.00. The average Bonchev–Trinajstić information content (AvgIpc) is 2.70. The summed E-state index contributed by atoms with van der Waals surface area (Å²) in [6.07, 6.45) is 2.54. The molecular weight excluding hydrogens is 364 g/mol. The van der Waals surface area contributed by atoms with Gasteiger partial charge in [0.2, 0.25) is 5.91 Å². The van der Waals surface area contributed by atoms with Crippen LogP contribution < -0.4 is 10.2 Å². The van der Waals surface area contributed by atoms with Gasteiger partial charge in [-0.2, -0.15) is 0 Å². The highest BCUT2D eigenvalue weighted by Gasteiger charge is 2.19. The topological polar surface area (TPSA) is 32.3 Å². The van der Waals surface area contributed by atoms with Crippen LogP contribution in [0.5, 0.6) is 0 Å². The number of hydrogen-bond acceptors (Lipinski definition) is 3. The maximum Gasteiger partial charge on any atom is 0.233 e. The zero-order chi connectivity index (χ0) is 20.1. The van der Waals surface area contributed by atoms with Gasteiger partial charge in [-0.15, -0.1) is 11.8 Å². The summed E-state index contributed by atoms with van der Waals surface area (Å²) in [5.74, 6) is 0.915. The van der Waals surface area contributed by atoms with Gasteiger partial charge in [-0.05, 0) is 69.4 Å². The van der Waals surface area contributed by atoms with Gasteiger partial charge >= 0.3 is 0 Å². The van der Waals surface area contributed by atoms with Crippen LogP contribution in [0.3, 0.4) is 0 Å². The van der Waals surface area contributed by atoms with Crippen molar-refractivity contribution < 1.29 is 4.79 Å². The number of aryl methyl sites for hydroxylation is 1. The van der Waals surface area contributed by atoms with Gasteiger partial charge in [0, 0.05) is 23.7 Å². The van der Waals surface area contributed by atoms with E-state index in [4.69, 9.17) is 0 Å². The summed E-state index contributed by atoms with van der Waals surface area (Å²) in [6.45, 7) is 10.7. The number of rotatable bonds is 6. The minimum Gasteiger partial charge on any atom is -0.372 e. The van der Waals surface area contributed by atoms with E-state index in [-0.39, 0.29) is 17.2 Å². The predicted octanol–water partition coefficient (Wildman–Crippen LogP) is 5.59. The summed E-state index contributed by atoms with van der Waals surface area (Å²) in [7, 11) is 0. The Balaban J connectivity index is 1.53. The predicted molar refractivity (Wildman–Crippen MR) is 120 cm³/mol. The Morgan fingerprint density at radius 2 is 1.64 bits per heavy atom. The number of anilines is 1. The van der Waals surface area contributed by atoms with Crippen molar-refractivity contribution in [1.29, 1.82) is 0 Å². The fraction of sp³-hybridized carbons (Fsp3) is 0.458. The maximum absolute atomic E-state index is 12.6. The van der Waals surface area contributed by atoms with E-state index < -0.39 is 0 Å². The second kappa shape index (κ2) is 9.51. The van der Waals surface area contributed by atoms with Crippen LogP contribution in [0.25, 0.3) is 0 Å². The van der Waals surface area contributed by atoms with E-state index in [0.717, 1.165) is 29.5 Å². The smallest absolute Gasteiger partial charge is 0.233 e. The van der Waals surface area contributed by atoms with Gasteiger partial charge < -0.3 is 10.2 Å². The molecule has 1 N–H and O–H groups in total. The molecule has 1 aliphatic rings. The van der Waals surface area contributed by atoms with Gasteiger partial charge in [-0.1, -0.05) is 36.8 Å². The Bertz CT molecular complexity index is 764. The zero-order valence-corrected chi connectivity index (χ0v) is 18.3. The maximum atomic E-state index is 12.6. The molecule has 0 aromatic heterocycles. The monoisotopic (exact) mass is 396 g/mol. The molecule has 28 heavy (non-hydrogen) atoms. The lowest BCUT2D eigenvalue weighted by molar-refractivity contribution is -0.120. The molecule has 1 saturated heterocycles. The number of amides is 1. The van der Waals surface area contributed by atoms with E-state index >= 15 is 0 Å². The van der Waals surface area contributed by atoms with E-state index in [1.807, 2.05) is 6.92 Å². The second-order valence-electron chi connectivity index (χ2n) is 8.06. The Morgan fingerprint density at radius 3 is 2.25 bits per heavy atom. The van der Waals surface area contributed by atoms with E-state index in [9.17, 15) is 4.79 Å². The van der Waals surface area contributed by atoms with Gasteiger partial charge in [-0.25, -0.2) is 0 Å². The molecule has 0 saturated carbocycles. The van der Waals surface area contributed by atoms with Gasteiger partial charge in [0.1, 0.15) is 0 Å². The summed E-state index contributed by atoms with van der Waals surface area (Å²) in [4.78, 5) is 16.2. The van der Waals surface area contributed by atoms with Crippen LogP contribution in [0.2, 0.25) is 0 Å².